The quantitative estimate of drug-likeness (QED) is 0.234. The predicted octanol–water partition coefficient (Wildman–Crippen LogP) is 2.98. The number of ether oxygens (including phenoxy) is 2. The van der Waals surface area contributed by atoms with Gasteiger partial charge in [0, 0.05) is 6.21 Å². The Bertz CT molecular complexity index is 1190. The maximum absolute atomic E-state index is 9.41. The Hall–Kier alpha value is -3.98. The number of hydrogen-bond acceptors (Lipinski definition) is 11. The summed E-state index contributed by atoms with van der Waals surface area (Å²) in [6.07, 6.45) is 2.88. The summed E-state index contributed by atoms with van der Waals surface area (Å²) >= 11 is 6.27. The molecule has 3 aromatic rings. The molecule has 0 aliphatic rings. The van der Waals surface area contributed by atoms with Gasteiger partial charge in [0.25, 0.3) is 0 Å². The van der Waals surface area contributed by atoms with Gasteiger partial charge in [-0.1, -0.05) is 17.7 Å². The lowest BCUT2D eigenvalue weighted by molar-refractivity contribution is -0.0133. The van der Waals surface area contributed by atoms with Gasteiger partial charge in [0.1, 0.15) is 30.1 Å². The van der Waals surface area contributed by atoms with Crippen LogP contribution in [0.2, 0.25) is 5.02 Å². The van der Waals surface area contributed by atoms with Gasteiger partial charge >= 0.3 is 0 Å². The van der Waals surface area contributed by atoms with E-state index in [1.54, 1.807) is 37.3 Å². The molecule has 0 aliphatic carbocycles. The Morgan fingerprint density at radius 3 is 2.80 bits per heavy atom. The van der Waals surface area contributed by atoms with Gasteiger partial charge in [0.15, 0.2) is 0 Å². The van der Waals surface area contributed by atoms with E-state index >= 15 is 0 Å². The van der Waals surface area contributed by atoms with Crippen LogP contribution in [0.5, 0.6) is 5.88 Å². The number of para-hydroxylation sites is 1. The average molecular weight is 497 g/mol. The van der Waals surface area contributed by atoms with Crippen molar-refractivity contribution in [1.82, 2.24) is 15.0 Å². The number of aliphatic hydroxyl groups excluding tert-OH is 1. The maximum Gasteiger partial charge on any atom is 0.228 e. The molecule has 2 aromatic heterocycles. The molecule has 3 rings (SSSR count). The third-order valence-corrected chi connectivity index (χ3v) is 5.08. The zero-order valence-electron chi connectivity index (χ0n) is 18.9. The van der Waals surface area contributed by atoms with Crippen LogP contribution in [0, 0.1) is 16.7 Å². The van der Waals surface area contributed by atoms with Crippen molar-refractivity contribution in [3.8, 4) is 11.9 Å². The first-order valence-corrected chi connectivity index (χ1v) is 11.0. The molecule has 0 amide bonds. The molecule has 2 unspecified atom stereocenters. The monoisotopic (exact) mass is 496 g/mol. The van der Waals surface area contributed by atoms with E-state index in [0.29, 0.717) is 27.8 Å². The maximum atomic E-state index is 9.41. The molecule has 11 nitrogen and oxygen atoms in total. The molecule has 35 heavy (non-hydrogen) atoms. The zero-order valence-corrected chi connectivity index (χ0v) is 19.7. The minimum atomic E-state index is -0.570. The lowest BCUT2D eigenvalue weighted by atomic mass is 10.2. The fraction of sp³-hybridized carbons (Fsp3) is 0.261. The molecule has 2 atom stereocenters. The minimum absolute atomic E-state index is 0.122. The number of pyridine rings is 1. The van der Waals surface area contributed by atoms with Crippen LogP contribution in [0.3, 0.4) is 0 Å². The highest BCUT2D eigenvalue weighted by Crippen LogP contribution is 2.31. The molecule has 2 heterocycles. The van der Waals surface area contributed by atoms with E-state index in [0.717, 1.165) is 6.21 Å². The summed E-state index contributed by atoms with van der Waals surface area (Å²) in [5.41, 5.74) is 7.15. The highest BCUT2D eigenvalue weighted by Gasteiger charge is 2.19. The van der Waals surface area contributed by atoms with Crippen LogP contribution in [0.15, 0.2) is 42.9 Å². The Labute approximate surface area is 207 Å². The highest BCUT2D eigenvalue weighted by atomic mass is 35.5. The first kappa shape index (κ1) is 25.6. The standard InChI is InChI=1S/C23H25ClN8O3/c1-14(11-33)34-12-17(10-29-20-6-5-16(27)9-28-20)35-23-18(8-26)22(30-13-31-23)32-21-15(7-25)3-2-4-19(21)24/h2-6,8-9,13-14,17,26,33H,10-12,27H2,1H3,(H,28,29)(H,30,31,32). The second-order valence-electron chi connectivity index (χ2n) is 7.41. The molecule has 1 aromatic carbocycles. The van der Waals surface area contributed by atoms with Gasteiger partial charge < -0.3 is 36.4 Å². The largest absolute Gasteiger partial charge is 0.469 e. The number of nitrogen functional groups attached to an aromatic ring is 1. The summed E-state index contributed by atoms with van der Waals surface area (Å²) < 4.78 is 11.7. The number of nitrogens with one attached hydrogen (secondary N) is 3. The van der Waals surface area contributed by atoms with Crippen LogP contribution in [0.1, 0.15) is 18.1 Å². The lowest BCUT2D eigenvalue weighted by Crippen LogP contribution is -2.34. The van der Waals surface area contributed by atoms with E-state index in [4.69, 9.17) is 32.2 Å². The summed E-state index contributed by atoms with van der Waals surface area (Å²) in [5.74, 6) is 0.953. The first-order chi connectivity index (χ1) is 16.9. The van der Waals surface area contributed by atoms with E-state index < -0.39 is 12.2 Å². The smallest absolute Gasteiger partial charge is 0.228 e. The number of nitrogens with zero attached hydrogens (tertiary/aromatic N) is 4. The summed E-state index contributed by atoms with van der Waals surface area (Å²) in [5, 5.41) is 33.1. The molecular weight excluding hydrogens is 472 g/mol. The third kappa shape index (κ3) is 7.00. The number of anilines is 4. The van der Waals surface area contributed by atoms with Gasteiger partial charge in [-0.3, -0.25) is 0 Å². The van der Waals surface area contributed by atoms with Gasteiger partial charge in [-0.25, -0.2) is 15.0 Å². The normalized spacial score (nSPS) is 12.3. The van der Waals surface area contributed by atoms with Crippen LogP contribution in [-0.4, -0.2) is 58.2 Å². The van der Waals surface area contributed by atoms with Crippen molar-refractivity contribution in [2.45, 2.75) is 19.1 Å². The molecular formula is C23H25ClN8O3. The number of nitrogens with two attached hydrogens (primary N) is 1. The van der Waals surface area contributed by atoms with Crippen molar-refractivity contribution >= 4 is 40.8 Å². The number of halogens is 1. The zero-order chi connectivity index (χ0) is 25.2. The molecule has 0 saturated heterocycles. The van der Waals surface area contributed by atoms with E-state index in [9.17, 15) is 10.4 Å². The number of aliphatic hydroxyl groups is 1. The van der Waals surface area contributed by atoms with Crippen molar-refractivity contribution in [3.63, 3.8) is 0 Å². The number of nitriles is 1. The van der Waals surface area contributed by atoms with Crippen molar-refractivity contribution in [2.75, 3.05) is 36.1 Å². The molecule has 182 valence electrons. The van der Waals surface area contributed by atoms with E-state index in [1.165, 1.54) is 12.5 Å². The molecule has 6 N–H and O–H groups in total. The van der Waals surface area contributed by atoms with Gasteiger partial charge in [-0.2, -0.15) is 5.26 Å². The fourth-order valence-corrected chi connectivity index (χ4v) is 3.13. The van der Waals surface area contributed by atoms with Gasteiger partial charge in [-0.05, 0) is 31.2 Å². The second-order valence-corrected chi connectivity index (χ2v) is 7.82. The molecule has 0 fully saturated rings. The topological polar surface area (TPSA) is 175 Å². The fourth-order valence-electron chi connectivity index (χ4n) is 2.91. The second kappa shape index (κ2) is 12.5. The summed E-state index contributed by atoms with van der Waals surface area (Å²) in [7, 11) is 0. The Morgan fingerprint density at radius 2 is 2.11 bits per heavy atom. The van der Waals surface area contributed by atoms with Crippen molar-refractivity contribution in [1.29, 1.82) is 10.7 Å². The third-order valence-electron chi connectivity index (χ3n) is 4.77. The van der Waals surface area contributed by atoms with Gasteiger partial charge in [-0.15, -0.1) is 0 Å². The molecule has 0 saturated carbocycles. The van der Waals surface area contributed by atoms with Gasteiger partial charge in [0.05, 0.1) is 59.6 Å². The van der Waals surface area contributed by atoms with E-state index in [-0.39, 0.29) is 37.0 Å². The van der Waals surface area contributed by atoms with Crippen molar-refractivity contribution in [2.24, 2.45) is 0 Å². The summed E-state index contributed by atoms with van der Waals surface area (Å²) in [6, 6.07) is 10.4. The summed E-state index contributed by atoms with van der Waals surface area (Å²) in [6.45, 7) is 1.99. The number of hydrogen-bond donors (Lipinski definition) is 5. The minimum Gasteiger partial charge on any atom is -0.469 e. The van der Waals surface area contributed by atoms with Crippen molar-refractivity contribution in [3.05, 3.63) is 59.0 Å². The SMILES string of the molecule is CC(CO)OCC(CNc1ccc(N)cn1)Oc1ncnc(Nc2c(Cl)cccc2C#N)c1C=N. The molecule has 0 radical (unpaired) electrons. The van der Waals surface area contributed by atoms with Crippen LogP contribution in [0.25, 0.3) is 0 Å². The van der Waals surface area contributed by atoms with E-state index in [1.807, 2.05) is 0 Å². The first-order valence-electron chi connectivity index (χ1n) is 10.6. The molecule has 0 spiro atoms. The number of rotatable bonds is 12. The molecule has 12 heteroatoms. The molecule has 0 aliphatic heterocycles. The Balaban J connectivity index is 1.84. The summed E-state index contributed by atoms with van der Waals surface area (Å²) in [4.78, 5) is 12.6. The van der Waals surface area contributed by atoms with E-state index in [2.05, 4.69) is 31.7 Å². The molecule has 0 bridgehead atoms. The van der Waals surface area contributed by atoms with Crippen LogP contribution < -0.4 is 21.1 Å². The van der Waals surface area contributed by atoms with Crippen LogP contribution >= 0.6 is 11.6 Å². The predicted molar refractivity (Wildman–Crippen MR) is 133 cm³/mol. The number of aromatic nitrogens is 3. The van der Waals surface area contributed by atoms with Gasteiger partial charge in [0.2, 0.25) is 5.88 Å². The Morgan fingerprint density at radius 1 is 1.29 bits per heavy atom. The average Bonchev–Trinajstić information content (AvgIpc) is 2.87. The highest BCUT2D eigenvalue weighted by molar-refractivity contribution is 6.33. The van der Waals surface area contributed by atoms with Crippen LogP contribution in [-0.2, 0) is 4.74 Å². The van der Waals surface area contributed by atoms with Crippen LogP contribution in [0.4, 0.5) is 23.0 Å². The Kier molecular flexibility index (Phi) is 9.14. The number of benzene rings is 1. The van der Waals surface area contributed by atoms with Crippen molar-refractivity contribution < 1.29 is 14.6 Å². The lowest BCUT2D eigenvalue weighted by Gasteiger charge is -2.22.